The van der Waals surface area contributed by atoms with Gasteiger partial charge in [0.15, 0.2) is 0 Å². The first-order valence-electron chi connectivity index (χ1n) is 4.15. The first-order valence-corrected chi connectivity index (χ1v) is 4.94. The Bertz CT molecular complexity index is 449. The highest BCUT2D eigenvalue weighted by Crippen LogP contribution is 2.26. The van der Waals surface area contributed by atoms with Gasteiger partial charge in [0, 0.05) is 10.5 Å². The van der Waals surface area contributed by atoms with Gasteiger partial charge in [0.25, 0.3) is 0 Å². The zero-order valence-electron chi connectivity index (χ0n) is 8.20. The smallest absolute Gasteiger partial charge is 0.310 e. The van der Waals surface area contributed by atoms with Crippen LogP contribution in [-0.2, 0) is 16.0 Å². The molecule has 0 amide bonds. The fourth-order valence-electron chi connectivity index (χ4n) is 1.08. The van der Waals surface area contributed by atoms with E-state index in [9.17, 15) is 19.3 Å². The van der Waals surface area contributed by atoms with E-state index in [-0.39, 0.29) is 6.42 Å². The molecule has 0 bridgehead atoms. The number of nitro benzene ring substituents is 1. The molecule has 16 heavy (non-hydrogen) atoms. The van der Waals surface area contributed by atoms with Crippen molar-refractivity contribution in [2.75, 3.05) is 7.11 Å². The van der Waals surface area contributed by atoms with Gasteiger partial charge in [-0.2, -0.15) is 4.39 Å². The van der Waals surface area contributed by atoms with E-state index in [2.05, 4.69) is 20.7 Å². The van der Waals surface area contributed by atoms with Crippen molar-refractivity contribution in [3.63, 3.8) is 0 Å². The highest BCUT2D eigenvalue weighted by Gasteiger charge is 2.18. The predicted molar refractivity (Wildman–Crippen MR) is 56.5 cm³/mol. The minimum Gasteiger partial charge on any atom is -0.469 e. The van der Waals surface area contributed by atoms with E-state index in [4.69, 9.17) is 0 Å². The number of ether oxygens (including phenoxy) is 1. The SMILES string of the molecule is COC(=O)Cc1cc([N+](=O)[O-])c(F)cc1Br. The molecule has 0 heterocycles. The van der Waals surface area contributed by atoms with Crippen LogP contribution in [0.2, 0.25) is 0 Å². The van der Waals surface area contributed by atoms with Crippen LogP contribution in [0.15, 0.2) is 16.6 Å². The van der Waals surface area contributed by atoms with Crippen LogP contribution in [0.25, 0.3) is 0 Å². The molecule has 5 nitrogen and oxygen atoms in total. The summed E-state index contributed by atoms with van der Waals surface area (Å²) in [6.45, 7) is 0. The van der Waals surface area contributed by atoms with Gasteiger partial charge in [0.1, 0.15) is 0 Å². The Morgan fingerprint density at radius 3 is 2.75 bits per heavy atom. The second-order valence-corrected chi connectivity index (χ2v) is 3.76. The van der Waals surface area contributed by atoms with Crippen molar-refractivity contribution in [3.05, 3.63) is 38.1 Å². The predicted octanol–water partition coefficient (Wildman–Crippen LogP) is 2.21. The van der Waals surface area contributed by atoms with Crippen LogP contribution in [0.3, 0.4) is 0 Å². The average molecular weight is 292 g/mol. The van der Waals surface area contributed by atoms with E-state index in [0.717, 1.165) is 12.1 Å². The van der Waals surface area contributed by atoms with Crippen molar-refractivity contribution >= 4 is 27.6 Å². The molecular weight excluding hydrogens is 285 g/mol. The first kappa shape index (κ1) is 12.6. The fraction of sp³-hybridized carbons (Fsp3) is 0.222. The largest absolute Gasteiger partial charge is 0.469 e. The molecule has 0 fully saturated rings. The van der Waals surface area contributed by atoms with E-state index in [0.29, 0.717) is 10.0 Å². The molecule has 0 saturated heterocycles. The summed E-state index contributed by atoms with van der Waals surface area (Å²) in [7, 11) is 1.20. The third-order valence-corrected chi connectivity index (χ3v) is 2.61. The molecule has 0 spiro atoms. The lowest BCUT2D eigenvalue weighted by Crippen LogP contribution is -2.06. The molecule has 0 radical (unpaired) electrons. The molecule has 1 aromatic carbocycles. The number of methoxy groups -OCH3 is 1. The number of rotatable bonds is 3. The lowest BCUT2D eigenvalue weighted by molar-refractivity contribution is -0.387. The highest BCUT2D eigenvalue weighted by atomic mass is 79.9. The van der Waals surface area contributed by atoms with Crippen LogP contribution >= 0.6 is 15.9 Å². The van der Waals surface area contributed by atoms with Crippen LogP contribution in [0.4, 0.5) is 10.1 Å². The van der Waals surface area contributed by atoms with Crippen LogP contribution in [-0.4, -0.2) is 18.0 Å². The standard InChI is InChI=1S/C9H7BrFNO4/c1-16-9(13)3-5-2-8(12(14)15)7(11)4-6(5)10/h2,4H,3H2,1H3. The van der Waals surface area contributed by atoms with E-state index in [1.165, 1.54) is 7.11 Å². The monoisotopic (exact) mass is 291 g/mol. The van der Waals surface area contributed by atoms with Gasteiger partial charge in [-0.15, -0.1) is 0 Å². The van der Waals surface area contributed by atoms with Crippen molar-refractivity contribution in [1.82, 2.24) is 0 Å². The fourth-order valence-corrected chi connectivity index (χ4v) is 1.54. The van der Waals surface area contributed by atoms with Crippen molar-refractivity contribution in [1.29, 1.82) is 0 Å². The van der Waals surface area contributed by atoms with E-state index < -0.39 is 22.4 Å². The lowest BCUT2D eigenvalue weighted by Gasteiger charge is -2.03. The second-order valence-electron chi connectivity index (χ2n) is 2.91. The van der Waals surface area contributed by atoms with E-state index >= 15 is 0 Å². The van der Waals surface area contributed by atoms with Gasteiger partial charge < -0.3 is 4.74 Å². The minimum absolute atomic E-state index is 0.155. The lowest BCUT2D eigenvalue weighted by atomic mass is 10.1. The second kappa shape index (κ2) is 5.02. The number of nitrogens with zero attached hydrogens (tertiary/aromatic N) is 1. The van der Waals surface area contributed by atoms with Gasteiger partial charge in [-0.25, -0.2) is 0 Å². The van der Waals surface area contributed by atoms with Crippen LogP contribution < -0.4 is 0 Å². The Morgan fingerprint density at radius 2 is 2.25 bits per heavy atom. The zero-order chi connectivity index (χ0) is 12.3. The maximum atomic E-state index is 13.1. The third-order valence-electron chi connectivity index (χ3n) is 1.88. The number of hydrogen-bond donors (Lipinski definition) is 0. The van der Waals surface area contributed by atoms with Crippen molar-refractivity contribution in [2.24, 2.45) is 0 Å². The Morgan fingerprint density at radius 1 is 1.62 bits per heavy atom. The number of benzene rings is 1. The summed E-state index contributed by atoms with van der Waals surface area (Å²) in [5, 5.41) is 10.5. The Hall–Kier alpha value is -1.50. The summed E-state index contributed by atoms with van der Waals surface area (Å²) in [6, 6.07) is 1.97. The molecule has 7 heteroatoms. The Balaban J connectivity index is 3.14. The molecule has 0 saturated carbocycles. The van der Waals surface area contributed by atoms with Crippen molar-refractivity contribution < 1.29 is 18.8 Å². The quantitative estimate of drug-likeness (QED) is 0.486. The number of nitro groups is 1. The maximum absolute atomic E-state index is 13.1. The molecule has 0 aromatic heterocycles. The summed E-state index contributed by atoms with van der Waals surface area (Å²) in [4.78, 5) is 20.6. The minimum atomic E-state index is -0.953. The molecule has 0 aliphatic rings. The molecule has 0 atom stereocenters. The van der Waals surface area contributed by atoms with Crippen LogP contribution in [0.1, 0.15) is 5.56 Å². The van der Waals surface area contributed by atoms with Crippen molar-refractivity contribution in [2.45, 2.75) is 6.42 Å². The van der Waals surface area contributed by atoms with Gasteiger partial charge in [-0.1, -0.05) is 15.9 Å². The number of carbonyl (C=O) groups is 1. The van der Waals surface area contributed by atoms with E-state index in [1.54, 1.807) is 0 Å². The molecule has 1 rings (SSSR count). The molecule has 0 aliphatic heterocycles. The number of halogens is 2. The zero-order valence-corrected chi connectivity index (χ0v) is 9.78. The topological polar surface area (TPSA) is 69.4 Å². The summed E-state index contributed by atoms with van der Waals surface area (Å²) in [6.07, 6.45) is -0.155. The van der Waals surface area contributed by atoms with Crippen LogP contribution in [0.5, 0.6) is 0 Å². The number of carbonyl (C=O) groups excluding carboxylic acids is 1. The van der Waals surface area contributed by atoms with Gasteiger partial charge in [0.05, 0.1) is 18.5 Å². The van der Waals surface area contributed by atoms with Gasteiger partial charge in [-0.05, 0) is 11.6 Å². The summed E-state index contributed by atoms with van der Waals surface area (Å²) >= 11 is 3.02. The summed E-state index contributed by atoms with van der Waals surface area (Å²) in [5.74, 6) is -1.51. The normalized spacial score (nSPS) is 9.94. The summed E-state index contributed by atoms with van der Waals surface area (Å²) < 4.78 is 17.8. The average Bonchev–Trinajstić information content (AvgIpc) is 2.21. The molecule has 0 N–H and O–H groups in total. The van der Waals surface area contributed by atoms with Gasteiger partial charge in [-0.3, -0.25) is 14.9 Å². The van der Waals surface area contributed by atoms with Gasteiger partial charge in [0.2, 0.25) is 5.82 Å². The molecule has 86 valence electrons. The molecular formula is C9H7BrFNO4. The Labute approximate surface area is 98.5 Å². The molecule has 0 unspecified atom stereocenters. The number of hydrogen-bond acceptors (Lipinski definition) is 4. The summed E-state index contributed by atoms with van der Waals surface area (Å²) in [5.41, 5.74) is -0.359. The van der Waals surface area contributed by atoms with Gasteiger partial charge >= 0.3 is 11.7 Å². The van der Waals surface area contributed by atoms with Crippen molar-refractivity contribution in [3.8, 4) is 0 Å². The Kier molecular flexibility index (Phi) is 3.94. The van der Waals surface area contributed by atoms with Crippen LogP contribution in [0, 0.1) is 15.9 Å². The molecule has 1 aromatic rings. The third kappa shape index (κ3) is 2.75. The maximum Gasteiger partial charge on any atom is 0.310 e. The highest BCUT2D eigenvalue weighted by molar-refractivity contribution is 9.10. The van der Waals surface area contributed by atoms with E-state index in [1.807, 2.05) is 0 Å². The molecule has 0 aliphatic carbocycles. The number of esters is 1. The first-order chi connectivity index (χ1) is 7.45.